The van der Waals surface area contributed by atoms with Crippen LogP contribution in [0.2, 0.25) is 5.02 Å². The van der Waals surface area contributed by atoms with E-state index in [2.05, 4.69) is 20.8 Å². The van der Waals surface area contributed by atoms with E-state index in [0.29, 0.717) is 35.8 Å². The van der Waals surface area contributed by atoms with Gasteiger partial charge >= 0.3 is 0 Å². The Morgan fingerprint density at radius 3 is 2.48 bits per heavy atom. The molecule has 0 aliphatic heterocycles. The van der Waals surface area contributed by atoms with Crippen molar-refractivity contribution >= 4 is 40.4 Å². The van der Waals surface area contributed by atoms with Crippen LogP contribution in [0.15, 0.2) is 48.5 Å². The summed E-state index contributed by atoms with van der Waals surface area (Å²) < 4.78 is 0. The standard InChI is InChI=1S/C21H21ClN4O2S/c1-14-5-11-17(12-6-14)24-20(28)21-26-25-19(29-21)4-2-3-18(27)23-13-15-7-9-16(22)10-8-15/h5-12H,2-4,13H2,1H3,(H,23,27)(H,24,28). The minimum Gasteiger partial charge on any atom is -0.352 e. The number of benzene rings is 2. The van der Waals surface area contributed by atoms with Crippen molar-refractivity contribution in [2.24, 2.45) is 0 Å². The van der Waals surface area contributed by atoms with Crippen LogP contribution in [0.25, 0.3) is 0 Å². The number of amides is 2. The molecule has 0 unspecified atom stereocenters. The van der Waals surface area contributed by atoms with Gasteiger partial charge in [-0.25, -0.2) is 0 Å². The molecule has 3 aromatic rings. The maximum absolute atomic E-state index is 12.3. The Morgan fingerprint density at radius 2 is 1.76 bits per heavy atom. The van der Waals surface area contributed by atoms with E-state index in [1.54, 1.807) is 12.1 Å². The van der Waals surface area contributed by atoms with Gasteiger partial charge in [0.2, 0.25) is 10.9 Å². The van der Waals surface area contributed by atoms with Crippen molar-refractivity contribution in [3.8, 4) is 0 Å². The van der Waals surface area contributed by atoms with E-state index in [1.165, 1.54) is 11.3 Å². The molecule has 1 heterocycles. The van der Waals surface area contributed by atoms with Crippen molar-refractivity contribution in [1.29, 1.82) is 0 Å². The van der Waals surface area contributed by atoms with Gasteiger partial charge in [0, 0.05) is 30.1 Å². The average molecular weight is 429 g/mol. The van der Waals surface area contributed by atoms with Gasteiger partial charge in [0.25, 0.3) is 5.91 Å². The average Bonchev–Trinajstić information content (AvgIpc) is 3.18. The minimum atomic E-state index is -0.279. The molecule has 150 valence electrons. The van der Waals surface area contributed by atoms with E-state index in [1.807, 2.05) is 43.3 Å². The fourth-order valence-corrected chi connectivity index (χ4v) is 3.46. The molecule has 2 N–H and O–H groups in total. The molecule has 0 saturated carbocycles. The smallest absolute Gasteiger partial charge is 0.286 e. The second kappa shape index (κ2) is 10.1. The van der Waals surface area contributed by atoms with Gasteiger partial charge in [0.05, 0.1) is 0 Å². The number of carbonyl (C=O) groups is 2. The molecule has 0 fully saturated rings. The van der Waals surface area contributed by atoms with Crippen LogP contribution in [-0.4, -0.2) is 22.0 Å². The SMILES string of the molecule is Cc1ccc(NC(=O)c2nnc(CCCC(=O)NCc3ccc(Cl)cc3)s2)cc1. The number of aromatic nitrogens is 2. The predicted molar refractivity (Wildman–Crippen MR) is 115 cm³/mol. The number of halogens is 1. The van der Waals surface area contributed by atoms with E-state index in [0.717, 1.165) is 21.8 Å². The summed E-state index contributed by atoms with van der Waals surface area (Å²) in [5.41, 5.74) is 2.84. The van der Waals surface area contributed by atoms with Gasteiger partial charge in [-0.2, -0.15) is 0 Å². The van der Waals surface area contributed by atoms with E-state index in [9.17, 15) is 9.59 Å². The Hall–Kier alpha value is -2.77. The van der Waals surface area contributed by atoms with Crippen molar-refractivity contribution in [1.82, 2.24) is 15.5 Å². The van der Waals surface area contributed by atoms with Crippen molar-refractivity contribution in [3.05, 3.63) is 74.7 Å². The highest BCUT2D eigenvalue weighted by Gasteiger charge is 2.13. The van der Waals surface area contributed by atoms with Crippen molar-refractivity contribution in [2.75, 3.05) is 5.32 Å². The molecule has 0 aliphatic rings. The third kappa shape index (κ3) is 6.66. The Balaban J connectivity index is 1.40. The zero-order valence-electron chi connectivity index (χ0n) is 15.9. The van der Waals surface area contributed by atoms with Crippen LogP contribution in [0.3, 0.4) is 0 Å². The lowest BCUT2D eigenvalue weighted by Gasteiger charge is -2.05. The van der Waals surface area contributed by atoms with Gasteiger partial charge in [-0.15, -0.1) is 10.2 Å². The first-order valence-corrected chi connectivity index (χ1v) is 10.4. The van der Waals surface area contributed by atoms with E-state index in [-0.39, 0.29) is 11.8 Å². The van der Waals surface area contributed by atoms with E-state index >= 15 is 0 Å². The van der Waals surface area contributed by atoms with E-state index < -0.39 is 0 Å². The van der Waals surface area contributed by atoms with Crippen LogP contribution in [0, 0.1) is 6.92 Å². The third-order valence-corrected chi connectivity index (χ3v) is 5.40. The molecule has 6 nitrogen and oxygen atoms in total. The van der Waals surface area contributed by atoms with Crippen LogP contribution < -0.4 is 10.6 Å². The molecule has 0 atom stereocenters. The fourth-order valence-electron chi connectivity index (χ4n) is 2.56. The lowest BCUT2D eigenvalue weighted by Crippen LogP contribution is -2.22. The number of hydrogen-bond donors (Lipinski definition) is 2. The highest BCUT2D eigenvalue weighted by Crippen LogP contribution is 2.16. The van der Waals surface area contributed by atoms with Crippen LogP contribution in [0.1, 0.15) is 38.8 Å². The molecule has 8 heteroatoms. The number of nitrogens with zero attached hydrogens (tertiary/aromatic N) is 2. The van der Waals surface area contributed by atoms with Gasteiger partial charge in [0.1, 0.15) is 5.01 Å². The number of rotatable bonds is 8. The Bertz CT molecular complexity index is 971. The van der Waals surface area contributed by atoms with Crippen LogP contribution >= 0.6 is 22.9 Å². The summed E-state index contributed by atoms with van der Waals surface area (Å²) in [4.78, 5) is 24.2. The van der Waals surface area contributed by atoms with Crippen molar-refractivity contribution in [2.45, 2.75) is 32.7 Å². The largest absolute Gasteiger partial charge is 0.352 e. The second-order valence-electron chi connectivity index (χ2n) is 6.58. The molecule has 3 rings (SSSR count). The Labute approximate surface area is 178 Å². The molecule has 0 bridgehead atoms. The van der Waals surface area contributed by atoms with Gasteiger partial charge in [-0.1, -0.05) is 52.8 Å². The lowest BCUT2D eigenvalue weighted by atomic mass is 10.2. The zero-order valence-corrected chi connectivity index (χ0v) is 17.5. The Morgan fingerprint density at radius 1 is 1.03 bits per heavy atom. The fraction of sp³-hybridized carbons (Fsp3) is 0.238. The Kier molecular flexibility index (Phi) is 7.32. The topological polar surface area (TPSA) is 84.0 Å². The molecule has 0 spiro atoms. The number of nitrogens with one attached hydrogen (secondary N) is 2. The lowest BCUT2D eigenvalue weighted by molar-refractivity contribution is -0.121. The minimum absolute atomic E-state index is 0.0261. The monoisotopic (exact) mass is 428 g/mol. The molecule has 0 aliphatic carbocycles. The molecule has 0 radical (unpaired) electrons. The first-order valence-electron chi connectivity index (χ1n) is 9.21. The maximum Gasteiger partial charge on any atom is 0.286 e. The molecule has 2 amide bonds. The summed E-state index contributed by atoms with van der Waals surface area (Å²) in [6.45, 7) is 2.46. The van der Waals surface area contributed by atoms with Gasteiger partial charge in [-0.3, -0.25) is 9.59 Å². The molecular formula is C21H21ClN4O2S. The summed E-state index contributed by atoms with van der Waals surface area (Å²) in [6.07, 6.45) is 1.63. The summed E-state index contributed by atoms with van der Waals surface area (Å²) in [5.74, 6) is -0.305. The number of carbonyl (C=O) groups excluding carboxylic acids is 2. The first kappa shape index (κ1) is 21.0. The van der Waals surface area contributed by atoms with Gasteiger partial charge in [-0.05, 0) is 43.2 Å². The van der Waals surface area contributed by atoms with Crippen molar-refractivity contribution < 1.29 is 9.59 Å². The van der Waals surface area contributed by atoms with E-state index in [4.69, 9.17) is 11.6 Å². The highest BCUT2D eigenvalue weighted by atomic mass is 35.5. The number of aryl methyl sites for hydroxylation is 2. The first-order chi connectivity index (χ1) is 14.0. The molecule has 0 saturated heterocycles. The summed E-state index contributed by atoms with van der Waals surface area (Å²) in [6, 6.07) is 14.9. The third-order valence-electron chi connectivity index (χ3n) is 4.17. The molecule has 29 heavy (non-hydrogen) atoms. The quantitative estimate of drug-likeness (QED) is 0.557. The normalized spacial score (nSPS) is 10.6. The number of hydrogen-bond acceptors (Lipinski definition) is 5. The van der Waals surface area contributed by atoms with Crippen LogP contribution in [0.5, 0.6) is 0 Å². The molecular weight excluding hydrogens is 408 g/mol. The summed E-state index contributed by atoms with van der Waals surface area (Å²) in [5, 5.41) is 15.4. The zero-order chi connectivity index (χ0) is 20.6. The molecule has 1 aromatic heterocycles. The summed E-state index contributed by atoms with van der Waals surface area (Å²) in [7, 11) is 0. The van der Waals surface area contributed by atoms with Crippen LogP contribution in [-0.2, 0) is 17.8 Å². The van der Waals surface area contributed by atoms with Gasteiger partial charge in [0.15, 0.2) is 0 Å². The highest BCUT2D eigenvalue weighted by molar-refractivity contribution is 7.13. The van der Waals surface area contributed by atoms with Crippen LogP contribution in [0.4, 0.5) is 5.69 Å². The summed E-state index contributed by atoms with van der Waals surface area (Å²) >= 11 is 7.09. The maximum atomic E-state index is 12.3. The number of anilines is 1. The predicted octanol–water partition coefficient (Wildman–Crippen LogP) is 4.39. The second-order valence-corrected chi connectivity index (χ2v) is 8.08. The molecule has 2 aromatic carbocycles. The van der Waals surface area contributed by atoms with Gasteiger partial charge < -0.3 is 10.6 Å². The van der Waals surface area contributed by atoms with Crippen molar-refractivity contribution in [3.63, 3.8) is 0 Å².